The van der Waals surface area contributed by atoms with E-state index in [-0.39, 0.29) is 11.5 Å². The molecule has 0 bridgehead atoms. The van der Waals surface area contributed by atoms with Gasteiger partial charge in [0.2, 0.25) is 0 Å². The van der Waals surface area contributed by atoms with Gasteiger partial charge in [0, 0.05) is 32.0 Å². The van der Waals surface area contributed by atoms with Crippen LogP contribution < -0.4 is 5.56 Å². The first-order valence-corrected chi connectivity index (χ1v) is 8.21. The third-order valence-electron chi connectivity index (χ3n) is 4.35. The van der Waals surface area contributed by atoms with Crippen molar-refractivity contribution in [3.63, 3.8) is 0 Å². The first-order chi connectivity index (χ1) is 12.2. The van der Waals surface area contributed by atoms with Gasteiger partial charge < -0.3 is 14.2 Å². The number of rotatable bonds is 3. The molecule has 0 spiro atoms. The van der Waals surface area contributed by atoms with Gasteiger partial charge in [-0.1, -0.05) is 30.3 Å². The fourth-order valence-corrected chi connectivity index (χ4v) is 3.07. The van der Waals surface area contributed by atoms with Crippen LogP contribution in [0.2, 0.25) is 0 Å². The molecule has 0 atom stereocenters. The number of pyridine rings is 1. The lowest BCUT2D eigenvalue weighted by Crippen LogP contribution is -2.41. The number of H-pyrrole nitrogens is 1. The largest absolute Gasteiger partial charge is 0.378 e. The van der Waals surface area contributed by atoms with Crippen LogP contribution in [0.3, 0.4) is 0 Å². The van der Waals surface area contributed by atoms with Crippen molar-refractivity contribution in [2.24, 2.45) is 0 Å². The highest BCUT2D eigenvalue weighted by atomic mass is 16.5. The molecular formula is C18H18N4O3. The lowest BCUT2D eigenvalue weighted by Gasteiger charge is -2.27. The summed E-state index contributed by atoms with van der Waals surface area (Å²) in [5.74, 6) is -0.123. The summed E-state index contributed by atoms with van der Waals surface area (Å²) in [5.41, 5.74) is 2.09. The van der Waals surface area contributed by atoms with E-state index in [2.05, 4.69) is 10.2 Å². The molecule has 0 aromatic heterocycles. The number of carbonyl (C=O) groups is 1. The van der Waals surface area contributed by atoms with Crippen molar-refractivity contribution < 1.29 is 9.53 Å². The Labute approximate surface area is 144 Å². The second kappa shape index (κ2) is 6.52. The van der Waals surface area contributed by atoms with Gasteiger partial charge in [0.05, 0.1) is 24.3 Å². The van der Waals surface area contributed by atoms with Gasteiger partial charge in [-0.15, -0.1) is 0 Å². The number of hydrogen-bond donors (Lipinski definition) is 1. The molecule has 128 valence electrons. The molecule has 7 nitrogen and oxygen atoms in total. The van der Waals surface area contributed by atoms with Gasteiger partial charge in [-0.05, 0) is 5.56 Å². The molecule has 25 heavy (non-hydrogen) atoms. The average Bonchev–Trinajstić information content (AvgIpc) is 3.03. The van der Waals surface area contributed by atoms with Gasteiger partial charge in [-0.3, -0.25) is 9.59 Å². The number of hydrogen-bond acceptors (Lipinski definition) is 4. The van der Waals surface area contributed by atoms with Gasteiger partial charge in [0.25, 0.3) is 11.5 Å². The Balaban J connectivity index is 1.74. The van der Waals surface area contributed by atoms with Gasteiger partial charge in [-0.25, -0.2) is 5.10 Å². The summed E-state index contributed by atoms with van der Waals surface area (Å²) >= 11 is 0. The monoisotopic (exact) mass is 338 g/mol. The molecule has 0 saturated carbocycles. The molecule has 3 aliphatic heterocycles. The maximum atomic E-state index is 12.9. The number of morpholine rings is 1. The zero-order valence-corrected chi connectivity index (χ0v) is 13.6. The van der Waals surface area contributed by atoms with Gasteiger partial charge >= 0.3 is 0 Å². The van der Waals surface area contributed by atoms with Gasteiger partial charge in [0.15, 0.2) is 0 Å². The first-order valence-electron chi connectivity index (χ1n) is 8.21. The molecule has 3 aliphatic rings. The third-order valence-corrected chi connectivity index (χ3v) is 4.35. The fourth-order valence-electron chi connectivity index (χ4n) is 3.07. The standard InChI is InChI=1S/C18H18N4O3/c23-17-14-11-21(10-13-4-2-1-3-5-13)12-15(16(14)19-20-17)18(24)22-6-8-25-9-7-22/h1-5,11-12H,6-10H2,(H,20,23). The molecule has 4 rings (SSSR count). The van der Waals surface area contributed by atoms with Crippen molar-refractivity contribution in [2.75, 3.05) is 26.3 Å². The van der Waals surface area contributed by atoms with E-state index in [0.717, 1.165) is 5.56 Å². The van der Waals surface area contributed by atoms with Crippen LogP contribution >= 0.6 is 0 Å². The topological polar surface area (TPSA) is 80.2 Å². The quantitative estimate of drug-likeness (QED) is 0.778. The Bertz CT molecular complexity index is 910. The second-order valence-electron chi connectivity index (χ2n) is 6.05. The predicted octanol–water partition coefficient (Wildman–Crippen LogP) is 1.20. The summed E-state index contributed by atoms with van der Waals surface area (Å²) in [6, 6.07) is 9.90. The Kier molecular flexibility index (Phi) is 4.07. The minimum Gasteiger partial charge on any atom is -0.378 e. The molecule has 1 amide bonds. The van der Waals surface area contributed by atoms with E-state index in [1.165, 1.54) is 0 Å². The summed E-state index contributed by atoms with van der Waals surface area (Å²) in [5, 5.41) is 6.50. The number of aromatic amines is 1. The van der Waals surface area contributed by atoms with Crippen LogP contribution in [0, 0.1) is 0 Å². The summed E-state index contributed by atoms with van der Waals surface area (Å²) in [4.78, 5) is 26.7. The minimum atomic E-state index is -0.284. The van der Waals surface area contributed by atoms with E-state index in [1.807, 2.05) is 34.9 Å². The number of ether oxygens (including phenoxy) is 1. The van der Waals surface area contributed by atoms with Gasteiger partial charge in [0.1, 0.15) is 5.69 Å². The molecule has 7 heteroatoms. The van der Waals surface area contributed by atoms with Gasteiger partial charge in [-0.2, -0.15) is 5.10 Å². The summed E-state index contributed by atoms with van der Waals surface area (Å²) < 4.78 is 7.17. The maximum absolute atomic E-state index is 12.9. The van der Waals surface area contributed by atoms with Crippen LogP contribution in [0.1, 0.15) is 15.9 Å². The lowest BCUT2D eigenvalue weighted by atomic mass is 10.1. The number of benzene rings is 1. The molecule has 0 aliphatic carbocycles. The van der Waals surface area contributed by atoms with Crippen molar-refractivity contribution in [1.29, 1.82) is 0 Å². The zero-order valence-electron chi connectivity index (χ0n) is 13.6. The van der Waals surface area contributed by atoms with E-state index in [4.69, 9.17) is 4.74 Å². The summed E-state index contributed by atoms with van der Waals surface area (Å²) in [6.45, 7) is 2.72. The number of fused-ring (bicyclic) bond motifs is 1. The maximum Gasteiger partial charge on any atom is 0.275 e. The van der Waals surface area contributed by atoms with E-state index in [9.17, 15) is 9.59 Å². The average molecular weight is 338 g/mol. The smallest absolute Gasteiger partial charge is 0.275 e. The molecule has 1 fully saturated rings. The molecular weight excluding hydrogens is 320 g/mol. The first kappa shape index (κ1) is 15.6. The Morgan fingerprint density at radius 1 is 1.16 bits per heavy atom. The van der Waals surface area contributed by atoms with Crippen LogP contribution in [0.4, 0.5) is 0 Å². The van der Waals surface area contributed by atoms with E-state index in [0.29, 0.717) is 49.7 Å². The zero-order chi connectivity index (χ0) is 17.2. The van der Waals surface area contributed by atoms with Crippen LogP contribution in [0.25, 0.3) is 11.3 Å². The second-order valence-corrected chi connectivity index (χ2v) is 6.05. The van der Waals surface area contributed by atoms with E-state index in [1.54, 1.807) is 17.3 Å². The van der Waals surface area contributed by atoms with Crippen molar-refractivity contribution >= 4 is 5.91 Å². The third kappa shape index (κ3) is 3.06. The highest BCUT2D eigenvalue weighted by Gasteiger charge is 2.26. The molecule has 1 aromatic rings. The van der Waals surface area contributed by atoms with Crippen LogP contribution in [0.5, 0.6) is 0 Å². The van der Waals surface area contributed by atoms with E-state index >= 15 is 0 Å². The van der Waals surface area contributed by atoms with E-state index < -0.39 is 0 Å². The fraction of sp³-hybridized carbons (Fsp3) is 0.278. The minimum absolute atomic E-state index is 0.123. The normalized spacial score (nSPS) is 14.8. The van der Waals surface area contributed by atoms with Crippen molar-refractivity contribution in [3.05, 3.63) is 64.2 Å². The van der Waals surface area contributed by atoms with Crippen LogP contribution in [-0.4, -0.2) is 51.9 Å². The summed E-state index contributed by atoms with van der Waals surface area (Å²) in [6.07, 6.45) is 3.51. The van der Waals surface area contributed by atoms with Crippen molar-refractivity contribution in [2.45, 2.75) is 6.54 Å². The summed E-state index contributed by atoms with van der Waals surface area (Å²) in [7, 11) is 0. The highest BCUT2D eigenvalue weighted by Crippen LogP contribution is 2.22. The van der Waals surface area contributed by atoms with Crippen LogP contribution in [0.15, 0.2) is 47.5 Å². The number of amides is 1. The Hall–Kier alpha value is -2.93. The number of aromatic nitrogens is 3. The highest BCUT2D eigenvalue weighted by molar-refractivity contribution is 5.99. The predicted molar refractivity (Wildman–Crippen MR) is 91.7 cm³/mol. The van der Waals surface area contributed by atoms with Crippen molar-refractivity contribution in [3.8, 4) is 11.3 Å². The molecule has 0 unspecified atom stereocenters. The molecule has 3 heterocycles. The van der Waals surface area contributed by atoms with Crippen LogP contribution in [-0.2, 0) is 11.3 Å². The number of carbonyl (C=O) groups excluding carboxylic acids is 1. The van der Waals surface area contributed by atoms with Crippen molar-refractivity contribution in [1.82, 2.24) is 19.7 Å². The molecule has 1 N–H and O–H groups in total. The Morgan fingerprint density at radius 2 is 1.92 bits per heavy atom. The SMILES string of the molecule is O=C(c1cn(Cc2ccccc2)cc2c(=O)[nH]nc1-2)N1CCOCC1. The molecule has 1 saturated heterocycles. The molecule has 1 aromatic carbocycles. The molecule has 0 radical (unpaired) electrons. The lowest BCUT2D eigenvalue weighted by molar-refractivity contribution is 0.0302. The Morgan fingerprint density at radius 3 is 2.68 bits per heavy atom. The number of nitrogens with zero attached hydrogens (tertiary/aromatic N) is 3. The number of nitrogens with one attached hydrogen (secondary N) is 1.